The second kappa shape index (κ2) is 15.5. The molecule has 0 bridgehead atoms. The first kappa shape index (κ1) is 35.5. The Kier molecular flexibility index (Phi) is 11.7. The maximum Gasteiger partial charge on any atom is 0.410 e. The SMILES string of the molecule is CC(C)OC(=O)N1CCC(C(C)Oc2ccc(-c3ccc(C[C@H](NC(=O)OC(C)(C)C)C(=O)N4CCC[C@H]4C#N)c(F)c3)cn2)CC1. The van der Waals surface area contributed by atoms with Gasteiger partial charge in [0.25, 0.3) is 0 Å². The molecule has 0 aliphatic carbocycles. The number of pyridine rings is 1. The van der Waals surface area contributed by atoms with Crippen molar-refractivity contribution >= 4 is 18.1 Å². The molecule has 1 aromatic carbocycles. The van der Waals surface area contributed by atoms with E-state index in [0.29, 0.717) is 49.5 Å². The number of aromatic nitrogens is 1. The third kappa shape index (κ3) is 9.80. The number of hydrogen-bond acceptors (Lipinski definition) is 8. The van der Waals surface area contributed by atoms with Crippen molar-refractivity contribution in [1.82, 2.24) is 20.1 Å². The van der Waals surface area contributed by atoms with E-state index in [1.807, 2.05) is 20.8 Å². The minimum atomic E-state index is -1.11. The average Bonchev–Trinajstić information content (AvgIpc) is 3.49. The van der Waals surface area contributed by atoms with E-state index in [1.54, 1.807) is 56.1 Å². The smallest absolute Gasteiger partial charge is 0.410 e. The fourth-order valence-corrected chi connectivity index (χ4v) is 5.86. The lowest BCUT2D eigenvalue weighted by Gasteiger charge is -2.34. The van der Waals surface area contributed by atoms with Crippen LogP contribution in [0.15, 0.2) is 36.5 Å². The fraction of sp³-hybridized carbons (Fsp3) is 0.571. The molecule has 1 aromatic heterocycles. The van der Waals surface area contributed by atoms with E-state index >= 15 is 4.39 Å². The Balaban J connectivity index is 1.39. The van der Waals surface area contributed by atoms with Crippen LogP contribution in [0.5, 0.6) is 5.88 Å². The molecule has 12 heteroatoms. The van der Waals surface area contributed by atoms with Gasteiger partial charge in [0, 0.05) is 43.9 Å². The summed E-state index contributed by atoms with van der Waals surface area (Å²) in [5.74, 6) is -0.274. The van der Waals surface area contributed by atoms with Gasteiger partial charge in [0.05, 0.1) is 12.2 Å². The summed E-state index contributed by atoms with van der Waals surface area (Å²) < 4.78 is 32.3. The zero-order valence-corrected chi connectivity index (χ0v) is 28.1. The number of benzene rings is 1. The lowest BCUT2D eigenvalue weighted by Crippen LogP contribution is -2.51. The number of piperidine rings is 1. The van der Waals surface area contributed by atoms with E-state index in [9.17, 15) is 19.6 Å². The van der Waals surface area contributed by atoms with Gasteiger partial charge >= 0.3 is 12.2 Å². The summed E-state index contributed by atoms with van der Waals surface area (Å²) in [6.07, 6.45) is 3.00. The molecule has 1 unspecified atom stereocenters. The van der Waals surface area contributed by atoms with Gasteiger partial charge in [0.15, 0.2) is 0 Å². The minimum absolute atomic E-state index is 0.109. The summed E-state index contributed by atoms with van der Waals surface area (Å²) in [5.41, 5.74) is 0.718. The average molecular weight is 652 g/mol. The number of nitrogens with zero attached hydrogens (tertiary/aromatic N) is 4. The zero-order chi connectivity index (χ0) is 34.3. The van der Waals surface area contributed by atoms with Crippen LogP contribution in [0, 0.1) is 23.1 Å². The number of alkyl carbamates (subject to hydrolysis) is 1. The number of amides is 3. The van der Waals surface area contributed by atoms with Gasteiger partial charge in [0.2, 0.25) is 11.8 Å². The number of nitrogens with one attached hydrogen (secondary N) is 1. The van der Waals surface area contributed by atoms with Gasteiger partial charge < -0.3 is 29.3 Å². The van der Waals surface area contributed by atoms with Crippen molar-refractivity contribution in [1.29, 1.82) is 5.26 Å². The normalized spacial score (nSPS) is 18.3. The van der Waals surface area contributed by atoms with E-state index < -0.39 is 35.5 Å². The molecule has 0 radical (unpaired) electrons. The van der Waals surface area contributed by atoms with E-state index in [2.05, 4.69) is 16.4 Å². The molecule has 11 nitrogen and oxygen atoms in total. The zero-order valence-electron chi connectivity index (χ0n) is 28.1. The van der Waals surface area contributed by atoms with E-state index in [1.165, 1.54) is 11.0 Å². The highest BCUT2D eigenvalue weighted by molar-refractivity contribution is 5.87. The Morgan fingerprint density at radius 1 is 1.06 bits per heavy atom. The van der Waals surface area contributed by atoms with Crippen molar-refractivity contribution in [2.75, 3.05) is 19.6 Å². The van der Waals surface area contributed by atoms with Crippen LogP contribution >= 0.6 is 0 Å². The van der Waals surface area contributed by atoms with Crippen LogP contribution in [-0.4, -0.2) is 82.4 Å². The number of rotatable bonds is 9. The van der Waals surface area contributed by atoms with E-state index in [-0.39, 0.29) is 36.2 Å². The lowest BCUT2D eigenvalue weighted by atomic mass is 9.92. The van der Waals surface area contributed by atoms with Crippen LogP contribution in [-0.2, 0) is 20.7 Å². The monoisotopic (exact) mass is 651 g/mol. The summed E-state index contributed by atoms with van der Waals surface area (Å²) in [4.78, 5) is 45.9. The molecular formula is C35H46FN5O6. The van der Waals surface area contributed by atoms with Crippen LogP contribution in [0.25, 0.3) is 11.1 Å². The first-order valence-corrected chi connectivity index (χ1v) is 16.3. The van der Waals surface area contributed by atoms with Gasteiger partial charge in [-0.1, -0.05) is 12.1 Å². The molecule has 1 N–H and O–H groups in total. The molecule has 2 fully saturated rings. The Labute approximate surface area is 276 Å². The number of carbonyl (C=O) groups excluding carboxylic acids is 3. The van der Waals surface area contributed by atoms with E-state index in [4.69, 9.17) is 14.2 Å². The van der Waals surface area contributed by atoms with Crippen LogP contribution in [0.3, 0.4) is 0 Å². The third-order valence-electron chi connectivity index (χ3n) is 8.33. The Morgan fingerprint density at radius 3 is 2.36 bits per heavy atom. The highest BCUT2D eigenvalue weighted by Crippen LogP contribution is 2.27. The fourth-order valence-electron chi connectivity index (χ4n) is 5.86. The van der Waals surface area contributed by atoms with Crippen molar-refractivity contribution in [3.05, 3.63) is 47.9 Å². The Bertz CT molecular complexity index is 1450. The number of nitriles is 1. The molecule has 2 aliphatic heterocycles. The Hall–Kier alpha value is -4.40. The molecule has 2 aliphatic rings. The quantitative estimate of drug-likeness (QED) is 0.356. The maximum absolute atomic E-state index is 15.5. The van der Waals surface area contributed by atoms with Crippen molar-refractivity contribution in [2.45, 2.75) is 104 Å². The predicted molar refractivity (Wildman–Crippen MR) is 173 cm³/mol. The summed E-state index contributed by atoms with van der Waals surface area (Å²) in [5, 5.41) is 12.1. The van der Waals surface area contributed by atoms with Crippen LogP contribution in [0.4, 0.5) is 14.0 Å². The maximum atomic E-state index is 15.5. The molecule has 3 heterocycles. The largest absolute Gasteiger partial charge is 0.474 e. The number of carbonyl (C=O) groups is 3. The predicted octanol–water partition coefficient (Wildman–Crippen LogP) is 5.86. The van der Waals surface area contributed by atoms with Gasteiger partial charge in [0.1, 0.15) is 29.6 Å². The van der Waals surface area contributed by atoms with Crippen molar-refractivity contribution in [2.24, 2.45) is 5.92 Å². The molecular weight excluding hydrogens is 605 g/mol. The topological polar surface area (TPSA) is 134 Å². The summed E-state index contributed by atoms with van der Waals surface area (Å²) in [7, 11) is 0. The number of hydrogen-bond donors (Lipinski definition) is 1. The van der Waals surface area contributed by atoms with Crippen molar-refractivity contribution in [3.8, 4) is 23.1 Å². The van der Waals surface area contributed by atoms with E-state index in [0.717, 1.165) is 12.8 Å². The van der Waals surface area contributed by atoms with Gasteiger partial charge in [-0.15, -0.1) is 0 Å². The summed E-state index contributed by atoms with van der Waals surface area (Å²) in [6.45, 7) is 12.4. The van der Waals surface area contributed by atoms with Gasteiger partial charge in [-0.25, -0.2) is 19.0 Å². The molecule has 2 saturated heterocycles. The lowest BCUT2D eigenvalue weighted by molar-refractivity contribution is -0.133. The second-order valence-electron chi connectivity index (χ2n) is 13.5. The summed E-state index contributed by atoms with van der Waals surface area (Å²) >= 11 is 0. The van der Waals surface area contributed by atoms with Gasteiger partial charge in [-0.3, -0.25) is 4.79 Å². The first-order valence-electron chi connectivity index (χ1n) is 16.3. The van der Waals surface area contributed by atoms with Crippen molar-refractivity contribution < 1.29 is 33.0 Å². The van der Waals surface area contributed by atoms with Crippen molar-refractivity contribution in [3.63, 3.8) is 0 Å². The highest BCUT2D eigenvalue weighted by Gasteiger charge is 2.35. The van der Waals surface area contributed by atoms with Crippen LogP contribution in [0.2, 0.25) is 0 Å². The van der Waals surface area contributed by atoms with Gasteiger partial charge in [-0.05, 0) is 96.4 Å². The summed E-state index contributed by atoms with van der Waals surface area (Å²) in [6, 6.07) is 8.68. The third-order valence-corrected chi connectivity index (χ3v) is 8.33. The second-order valence-corrected chi connectivity index (χ2v) is 13.5. The Morgan fingerprint density at radius 2 is 1.77 bits per heavy atom. The van der Waals surface area contributed by atoms with Crippen LogP contribution in [0.1, 0.15) is 72.8 Å². The van der Waals surface area contributed by atoms with Gasteiger partial charge in [-0.2, -0.15) is 5.26 Å². The highest BCUT2D eigenvalue weighted by atomic mass is 19.1. The standard InChI is InChI=1S/C35H46FN5O6/c1-22(2)45-34(44)40-16-13-24(14-17-40)23(3)46-31-12-11-27(21-38-31)25-9-10-26(29(36)18-25)19-30(39-33(43)47-35(4,5)6)32(42)41-15-7-8-28(41)20-37/h9-12,18,21-24,28,30H,7-8,13-17,19H2,1-6H3,(H,39,43)/t23?,28-,30-/m0/s1. The number of ether oxygens (including phenoxy) is 3. The first-order chi connectivity index (χ1) is 22.2. The molecule has 3 amide bonds. The molecule has 0 spiro atoms. The molecule has 2 aromatic rings. The molecule has 254 valence electrons. The molecule has 47 heavy (non-hydrogen) atoms. The minimum Gasteiger partial charge on any atom is -0.474 e. The number of halogens is 1. The molecule has 4 rings (SSSR count). The molecule has 3 atom stereocenters. The number of likely N-dealkylation sites (tertiary alicyclic amines) is 2. The molecule has 0 saturated carbocycles. The van der Waals surface area contributed by atoms with Crippen LogP contribution < -0.4 is 10.1 Å².